The molecule has 1 aliphatic carbocycles. The Kier molecular flexibility index (Phi) is 6.43. The molecule has 0 spiro atoms. The van der Waals surface area contributed by atoms with Gasteiger partial charge in [0.1, 0.15) is 6.04 Å². The molecule has 0 bridgehead atoms. The van der Waals surface area contributed by atoms with Crippen LogP contribution in [0.3, 0.4) is 0 Å². The molecule has 0 radical (unpaired) electrons. The van der Waals surface area contributed by atoms with E-state index in [1.54, 1.807) is 6.08 Å². The van der Waals surface area contributed by atoms with E-state index in [4.69, 9.17) is 4.74 Å². The summed E-state index contributed by atoms with van der Waals surface area (Å²) in [4.78, 5) is 14.5. The third-order valence-corrected chi connectivity index (χ3v) is 3.93. The van der Waals surface area contributed by atoms with Gasteiger partial charge in [-0.2, -0.15) is 0 Å². The van der Waals surface area contributed by atoms with E-state index in [2.05, 4.69) is 11.8 Å². The van der Waals surface area contributed by atoms with Gasteiger partial charge in [0.2, 0.25) is 0 Å². The van der Waals surface area contributed by atoms with E-state index >= 15 is 0 Å². The Morgan fingerprint density at radius 3 is 2.43 bits per heavy atom. The van der Waals surface area contributed by atoms with Gasteiger partial charge in [-0.3, -0.25) is 4.90 Å². The van der Waals surface area contributed by atoms with Gasteiger partial charge in [-0.1, -0.05) is 42.8 Å². The number of rotatable bonds is 5. The maximum absolute atomic E-state index is 12.4. The van der Waals surface area contributed by atoms with E-state index < -0.39 is 0 Å². The number of hydrogen-bond donors (Lipinski definition) is 0. The lowest BCUT2D eigenvalue weighted by Gasteiger charge is -2.26. The highest BCUT2D eigenvalue weighted by Crippen LogP contribution is 2.39. The van der Waals surface area contributed by atoms with E-state index in [0.29, 0.717) is 12.0 Å². The van der Waals surface area contributed by atoms with Crippen LogP contribution < -0.4 is 0 Å². The van der Waals surface area contributed by atoms with Crippen molar-refractivity contribution in [2.75, 3.05) is 7.05 Å². The van der Waals surface area contributed by atoms with Gasteiger partial charge < -0.3 is 4.74 Å². The fourth-order valence-electron chi connectivity index (χ4n) is 2.55. The van der Waals surface area contributed by atoms with Crippen molar-refractivity contribution in [3.8, 4) is 0 Å². The van der Waals surface area contributed by atoms with Gasteiger partial charge in [0.15, 0.2) is 0 Å². The average Bonchev–Trinajstić information content (AvgIpc) is 3.16. The number of allylic oxidation sites excluding steroid dienone is 1. The molecule has 1 aromatic rings. The lowest BCUT2D eigenvalue weighted by atomic mass is 10.0. The fraction of sp³-hybridized carbons (Fsp3) is 0.471. The molecule has 116 valence electrons. The molecule has 1 saturated carbocycles. The van der Waals surface area contributed by atoms with Crippen molar-refractivity contribution in [3.05, 3.63) is 47.7 Å². The molecule has 0 saturated heterocycles. The maximum atomic E-state index is 12.4. The van der Waals surface area contributed by atoms with Gasteiger partial charge in [0, 0.05) is 6.04 Å². The fourth-order valence-corrected chi connectivity index (χ4v) is 2.55. The number of aryl methyl sites for hydroxylation is 1. The van der Waals surface area contributed by atoms with Crippen molar-refractivity contribution in [1.82, 2.24) is 4.90 Å². The van der Waals surface area contributed by atoms with Crippen LogP contribution in [-0.4, -0.2) is 24.0 Å². The summed E-state index contributed by atoms with van der Waals surface area (Å²) in [6.07, 6.45) is 4.33. The molecule has 3 nitrogen and oxygen atoms in total. The van der Waals surface area contributed by atoms with E-state index in [-0.39, 0.29) is 24.4 Å². The van der Waals surface area contributed by atoms with Crippen molar-refractivity contribution >= 4 is 18.4 Å². The van der Waals surface area contributed by atoms with E-state index in [1.165, 1.54) is 11.8 Å². The Morgan fingerprint density at radius 2 is 1.95 bits per heavy atom. The predicted octanol–water partition coefficient (Wildman–Crippen LogP) is 3.87. The molecule has 0 aliphatic heterocycles. The first-order valence-corrected chi connectivity index (χ1v) is 7.14. The summed E-state index contributed by atoms with van der Waals surface area (Å²) in [5, 5.41) is 0. The van der Waals surface area contributed by atoms with Gasteiger partial charge in [-0.15, -0.1) is 12.4 Å². The van der Waals surface area contributed by atoms with Crippen LogP contribution in [-0.2, 0) is 9.53 Å². The minimum absolute atomic E-state index is 0. The summed E-state index contributed by atoms with van der Waals surface area (Å²) in [6, 6.07) is 8.24. The Bertz CT molecular complexity index is 498. The molecule has 2 rings (SSSR count). The van der Waals surface area contributed by atoms with Crippen LogP contribution in [0.15, 0.2) is 36.6 Å². The zero-order chi connectivity index (χ0) is 14.7. The normalized spacial score (nSPS) is 22.0. The summed E-state index contributed by atoms with van der Waals surface area (Å²) >= 11 is 0. The van der Waals surface area contributed by atoms with Crippen LogP contribution in [0.1, 0.15) is 37.4 Å². The summed E-state index contributed by atoms with van der Waals surface area (Å²) in [6.45, 7) is 6.09. The van der Waals surface area contributed by atoms with Crippen LogP contribution in [0, 0.1) is 12.8 Å². The molecule has 4 heteroatoms. The standard InChI is InChI=1S/C17H23NO2.ClH/c1-5-10-20-17(19)16(18(4)15-11-13(15)3)14-8-6-12(2)7-9-14;/h5-10,13,15-16H,11H2,1-4H3;1H/b10-5+;. The van der Waals surface area contributed by atoms with Crippen LogP contribution in [0.4, 0.5) is 0 Å². The Morgan fingerprint density at radius 1 is 1.38 bits per heavy atom. The molecule has 3 unspecified atom stereocenters. The Labute approximate surface area is 133 Å². The molecule has 0 N–H and O–H groups in total. The van der Waals surface area contributed by atoms with Crippen LogP contribution in [0.5, 0.6) is 0 Å². The summed E-state index contributed by atoms with van der Waals surface area (Å²) in [7, 11) is 2.01. The number of nitrogens with zero attached hydrogens (tertiary/aromatic N) is 1. The van der Waals surface area contributed by atoms with Gasteiger partial charge >= 0.3 is 5.97 Å². The quantitative estimate of drug-likeness (QED) is 0.611. The molecule has 1 aromatic carbocycles. The zero-order valence-corrected chi connectivity index (χ0v) is 13.9. The number of hydrogen-bond acceptors (Lipinski definition) is 3. The molecule has 0 aromatic heterocycles. The molecule has 1 aliphatic rings. The molecule has 0 heterocycles. The number of benzene rings is 1. The first kappa shape index (κ1) is 17.7. The lowest BCUT2D eigenvalue weighted by molar-refractivity contribution is -0.144. The number of carbonyl (C=O) groups excluding carboxylic acids is 1. The van der Waals surface area contributed by atoms with Gasteiger partial charge in [0.05, 0.1) is 6.26 Å². The van der Waals surface area contributed by atoms with Gasteiger partial charge in [0.25, 0.3) is 0 Å². The van der Waals surface area contributed by atoms with Crippen LogP contribution >= 0.6 is 12.4 Å². The Balaban J connectivity index is 0.00000220. The molecule has 3 atom stereocenters. The number of ether oxygens (including phenoxy) is 1. The molecular weight excluding hydrogens is 286 g/mol. The molecule has 1 fully saturated rings. The largest absolute Gasteiger partial charge is 0.433 e. The maximum Gasteiger partial charge on any atom is 0.332 e. The van der Waals surface area contributed by atoms with E-state index in [0.717, 1.165) is 12.0 Å². The highest BCUT2D eigenvalue weighted by molar-refractivity contribution is 5.85. The Hall–Kier alpha value is -1.32. The third kappa shape index (κ3) is 4.32. The average molecular weight is 310 g/mol. The summed E-state index contributed by atoms with van der Waals surface area (Å²) in [5.74, 6) is 0.441. The molecular formula is C17H24ClNO2. The van der Waals surface area contributed by atoms with Crippen molar-refractivity contribution < 1.29 is 9.53 Å². The van der Waals surface area contributed by atoms with Crippen LogP contribution in [0.2, 0.25) is 0 Å². The second-order valence-electron chi connectivity index (χ2n) is 5.67. The van der Waals surface area contributed by atoms with Crippen molar-refractivity contribution in [1.29, 1.82) is 0 Å². The lowest BCUT2D eigenvalue weighted by Crippen LogP contribution is -2.34. The smallest absolute Gasteiger partial charge is 0.332 e. The van der Waals surface area contributed by atoms with Crippen molar-refractivity contribution in [2.24, 2.45) is 5.92 Å². The van der Waals surface area contributed by atoms with Gasteiger partial charge in [-0.25, -0.2) is 4.79 Å². The number of esters is 1. The zero-order valence-electron chi connectivity index (χ0n) is 13.1. The molecule has 21 heavy (non-hydrogen) atoms. The van der Waals surface area contributed by atoms with Crippen LogP contribution in [0.25, 0.3) is 0 Å². The highest BCUT2D eigenvalue weighted by atomic mass is 35.5. The molecule has 0 amide bonds. The minimum atomic E-state index is -0.332. The monoisotopic (exact) mass is 309 g/mol. The predicted molar refractivity (Wildman–Crippen MR) is 87.4 cm³/mol. The second kappa shape index (κ2) is 7.62. The second-order valence-corrected chi connectivity index (χ2v) is 5.67. The SMILES string of the molecule is C/C=C/OC(=O)C(c1ccc(C)cc1)N(C)C1CC1C.Cl. The first-order valence-electron chi connectivity index (χ1n) is 7.14. The van der Waals surface area contributed by atoms with Crippen molar-refractivity contribution in [2.45, 2.75) is 39.3 Å². The number of carbonyl (C=O) groups is 1. The summed E-state index contributed by atoms with van der Waals surface area (Å²) < 4.78 is 5.21. The highest BCUT2D eigenvalue weighted by Gasteiger charge is 2.42. The van der Waals surface area contributed by atoms with Gasteiger partial charge in [-0.05, 0) is 38.8 Å². The first-order chi connectivity index (χ1) is 9.54. The topological polar surface area (TPSA) is 29.5 Å². The summed E-state index contributed by atoms with van der Waals surface area (Å²) in [5.41, 5.74) is 2.18. The van der Waals surface area contributed by atoms with Crippen molar-refractivity contribution in [3.63, 3.8) is 0 Å². The number of likely N-dealkylation sites (N-methyl/N-ethyl adjacent to an activating group) is 1. The minimum Gasteiger partial charge on any atom is -0.433 e. The third-order valence-electron chi connectivity index (χ3n) is 3.93. The number of halogens is 1. The van der Waals surface area contributed by atoms with E-state index in [9.17, 15) is 4.79 Å². The van der Waals surface area contributed by atoms with E-state index in [1.807, 2.05) is 45.2 Å².